The smallest absolute Gasteiger partial charge is 0.262 e. The maximum absolute atomic E-state index is 11.8. The van der Waals surface area contributed by atoms with Crippen LogP contribution in [0.25, 0.3) is 0 Å². The molecule has 0 bridgehead atoms. The first kappa shape index (κ1) is 15.1. The van der Waals surface area contributed by atoms with Gasteiger partial charge in [-0.05, 0) is 49.2 Å². The van der Waals surface area contributed by atoms with Crippen molar-refractivity contribution in [2.75, 3.05) is 11.9 Å². The Morgan fingerprint density at radius 2 is 1.95 bits per heavy atom. The Morgan fingerprint density at radius 1 is 1.24 bits per heavy atom. The van der Waals surface area contributed by atoms with Crippen LogP contribution in [0.3, 0.4) is 0 Å². The van der Waals surface area contributed by atoms with Gasteiger partial charge in [-0.25, -0.2) is 0 Å². The summed E-state index contributed by atoms with van der Waals surface area (Å²) in [6, 6.07) is 15.1. The van der Waals surface area contributed by atoms with Crippen LogP contribution in [0.1, 0.15) is 24.1 Å². The van der Waals surface area contributed by atoms with E-state index in [4.69, 9.17) is 10.5 Å². The molecule has 1 unspecified atom stereocenters. The second-order valence-electron chi connectivity index (χ2n) is 5.06. The number of carbonyl (C=O) groups is 1. The van der Waals surface area contributed by atoms with E-state index in [1.807, 2.05) is 62.4 Å². The van der Waals surface area contributed by atoms with E-state index in [1.165, 1.54) is 0 Å². The van der Waals surface area contributed by atoms with Crippen LogP contribution in [-0.4, -0.2) is 12.5 Å². The molecule has 0 spiro atoms. The van der Waals surface area contributed by atoms with E-state index in [9.17, 15) is 4.79 Å². The molecule has 2 aromatic rings. The molecule has 0 saturated heterocycles. The van der Waals surface area contributed by atoms with E-state index in [2.05, 4.69) is 5.32 Å². The molecule has 4 nitrogen and oxygen atoms in total. The minimum atomic E-state index is -0.183. The maximum Gasteiger partial charge on any atom is 0.262 e. The summed E-state index contributed by atoms with van der Waals surface area (Å²) in [5.74, 6) is 0.468. The van der Waals surface area contributed by atoms with Gasteiger partial charge >= 0.3 is 0 Å². The Hall–Kier alpha value is -2.33. The molecule has 1 amide bonds. The van der Waals surface area contributed by atoms with Crippen LogP contribution in [0.2, 0.25) is 0 Å². The second kappa shape index (κ2) is 6.90. The predicted octanol–water partition coefficient (Wildman–Crippen LogP) is 3.03. The summed E-state index contributed by atoms with van der Waals surface area (Å²) in [7, 11) is 0. The lowest BCUT2D eigenvalue weighted by Crippen LogP contribution is -2.20. The number of rotatable bonds is 5. The zero-order chi connectivity index (χ0) is 15.2. The molecule has 2 aromatic carbocycles. The van der Waals surface area contributed by atoms with Gasteiger partial charge in [-0.15, -0.1) is 0 Å². The first-order valence-corrected chi connectivity index (χ1v) is 6.89. The van der Waals surface area contributed by atoms with Crippen molar-refractivity contribution in [1.29, 1.82) is 0 Å². The molecule has 110 valence electrons. The number of carbonyl (C=O) groups excluding carboxylic acids is 1. The Labute approximate surface area is 124 Å². The number of anilines is 1. The maximum atomic E-state index is 11.8. The van der Waals surface area contributed by atoms with Gasteiger partial charge in [0.15, 0.2) is 6.61 Å². The Balaban J connectivity index is 1.86. The molecule has 0 saturated carbocycles. The normalized spacial score (nSPS) is 11.8. The monoisotopic (exact) mass is 284 g/mol. The molecule has 21 heavy (non-hydrogen) atoms. The summed E-state index contributed by atoms with van der Waals surface area (Å²) in [4.78, 5) is 11.8. The first-order chi connectivity index (χ1) is 10.0. The fraction of sp³-hybridized carbons (Fsp3) is 0.235. The third-order valence-corrected chi connectivity index (χ3v) is 3.08. The summed E-state index contributed by atoms with van der Waals surface area (Å²) < 4.78 is 5.45. The highest BCUT2D eigenvalue weighted by atomic mass is 16.5. The lowest BCUT2D eigenvalue weighted by atomic mass is 10.1. The fourth-order valence-electron chi connectivity index (χ4n) is 1.94. The van der Waals surface area contributed by atoms with Gasteiger partial charge in [0.25, 0.3) is 5.91 Å². The molecule has 0 aromatic heterocycles. The number of hydrogen-bond donors (Lipinski definition) is 2. The minimum Gasteiger partial charge on any atom is -0.484 e. The lowest BCUT2D eigenvalue weighted by Gasteiger charge is -2.09. The Kier molecular flexibility index (Phi) is 4.95. The molecule has 0 aliphatic rings. The van der Waals surface area contributed by atoms with E-state index in [0.29, 0.717) is 5.75 Å². The van der Waals surface area contributed by atoms with Gasteiger partial charge in [0.05, 0.1) is 0 Å². The summed E-state index contributed by atoms with van der Waals surface area (Å²) in [5, 5.41) is 2.80. The van der Waals surface area contributed by atoms with Crippen LogP contribution in [-0.2, 0) is 4.79 Å². The zero-order valence-corrected chi connectivity index (χ0v) is 12.3. The van der Waals surface area contributed by atoms with Crippen molar-refractivity contribution in [2.24, 2.45) is 5.73 Å². The lowest BCUT2D eigenvalue weighted by molar-refractivity contribution is -0.118. The topological polar surface area (TPSA) is 64.3 Å². The van der Waals surface area contributed by atoms with Crippen molar-refractivity contribution in [3.05, 3.63) is 59.7 Å². The van der Waals surface area contributed by atoms with E-state index >= 15 is 0 Å². The standard InChI is InChI=1S/C17H20N2O2/c1-12-4-3-5-15(10-12)19-17(20)11-21-16-8-6-14(7-9-16)13(2)18/h3-10,13H,11,18H2,1-2H3,(H,19,20). The number of ether oxygens (including phenoxy) is 1. The van der Waals surface area contributed by atoms with Gasteiger partial charge in [0.2, 0.25) is 0 Å². The number of nitrogens with one attached hydrogen (secondary N) is 1. The fourth-order valence-corrected chi connectivity index (χ4v) is 1.94. The molecule has 0 aliphatic heterocycles. The summed E-state index contributed by atoms with van der Waals surface area (Å²) in [6.45, 7) is 3.88. The SMILES string of the molecule is Cc1cccc(NC(=O)COc2ccc(C(C)N)cc2)c1. The van der Waals surface area contributed by atoms with E-state index < -0.39 is 0 Å². The quantitative estimate of drug-likeness (QED) is 0.887. The van der Waals surface area contributed by atoms with Gasteiger partial charge in [0.1, 0.15) is 5.75 Å². The highest BCUT2D eigenvalue weighted by Gasteiger charge is 2.05. The molecular formula is C17H20N2O2. The molecule has 0 fully saturated rings. The number of nitrogens with two attached hydrogens (primary N) is 1. The largest absolute Gasteiger partial charge is 0.484 e. The molecule has 1 atom stereocenters. The van der Waals surface area contributed by atoms with Crippen LogP contribution >= 0.6 is 0 Å². The van der Waals surface area contributed by atoms with Crippen molar-refractivity contribution >= 4 is 11.6 Å². The Morgan fingerprint density at radius 3 is 2.57 bits per heavy atom. The second-order valence-corrected chi connectivity index (χ2v) is 5.06. The van der Waals surface area contributed by atoms with E-state index in [-0.39, 0.29) is 18.6 Å². The van der Waals surface area contributed by atoms with Crippen molar-refractivity contribution < 1.29 is 9.53 Å². The van der Waals surface area contributed by atoms with Crippen molar-refractivity contribution in [1.82, 2.24) is 0 Å². The molecule has 3 N–H and O–H groups in total. The van der Waals surface area contributed by atoms with E-state index in [1.54, 1.807) is 0 Å². The van der Waals surface area contributed by atoms with Gasteiger partial charge in [0, 0.05) is 11.7 Å². The molecule has 0 radical (unpaired) electrons. The first-order valence-electron chi connectivity index (χ1n) is 6.89. The van der Waals surface area contributed by atoms with Gasteiger partial charge < -0.3 is 15.8 Å². The van der Waals surface area contributed by atoms with Gasteiger partial charge in [-0.1, -0.05) is 24.3 Å². The highest BCUT2D eigenvalue weighted by Crippen LogP contribution is 2.16. The van der Waals surface area contributed by atoms with Crippen molar-refractivity contribution in [3.8, 4) is 5.75 Å². The number of hydrogen-bond acceptors (Lipinski definition) is 3. The zero-order valence-electron chi connectivity index (χ0n) is 12.3. The third-order valence-electron chi connectivity index (χ3n) is 3.08. The number of amides is 1. The Bertz CT molecular complexity index is 606. The summed E-state index contributed by atoms with van der Waals surface area (Å²) in [6.07, 6.45) is 0. The van der Waals surface area contributed by atoms with Crippen LogP contribution in [0.15, 0.2) is 48.5 Å². The van der Waals surface area contributed by atoms with Crippen LogP contribution < -0.4 is 15.8 Å². The van der Waals surface area contributed by atoms with Gasteiger partial charge in [-0.3, -0.25) is 4.79 Å². The number of benzene rings is 2. The van der Waals surface area contributed by atoms with Crippen molar-refractivity contribution in [3.63, 3.8) is 0 Å². The van der Waals surface area contributed by atoms with Crippen LogP contribution in [0.4, 0.5) is 5.69 Å². The number of aryl methyl sites for hydroxylation is 1. The minimum absolute atomic E-state index is 0.0105. The molecule has 0 aliphatic carbocycles. The molecule has 0 heterocycles. The third kappa shape index (κ3) is 4.61. The van der Waals surface area contributed by atoms with Crippen LogP contribution in [0.5, 0.6) is 5.75 Å². The molecular weight excluding hydrogens is 264 g/mol. The van der Waals surface area contributed by atoms with Crippen LogP contribution in [0, 0.1) is 6.92 Å². The van der Waals surface area contributed by atoms with E-state index in [0.717, 1.165) is 16.8 Å². The summed E-state index contributed by atoms with van der Waals surface area (Å²) >= 11 is 0. The molecule has 4 heteroatoms. The highest BCUT2D eigenvalue weighted by molar-refractivity contribution is 5.91. The van der Waals surface area contributed by atoms with Crippen molar-refractivity contribution in [2.45, 2.75) is 19.9 Å². The average Bonchev–Trinajstić information content (AvgIpc) is 2.45. The summed E-state index contributed by atoms with van der Waals surface area (Å²) in [5.41, 5.74) is 8.68. The average molecular weight is 284 g/mol. The molecule has 2 rings (SSSR count). The predicted molar refractivity (Wildman–Crippen MR) is 84.3 cm³/mol. The van der Waals surface area contributed by atoms with Gasteiger partial charge in [-0.2, -0.15) is 0 Å².